The van der Waals surface area contributed by atoms with Gasteiger partial charge >= 0.3 is 0 Å². The molecule has 0 atom stereocenters. The van der Waals surface area contributed by atoms with Gasteiger partial charge in [0.15, 0.2) is 0 Å². The van der Waals surface area contributed by atoms with E-state index in [2.05, 4.69) is 73.6 Å². The highest BCUT2D eigenvalue weighted by Gasteiger charge is 2.28. The first kappa shape index (κ1) is 69.7. The Hall–Kier alpha value is -14.2. The molecule has 0 amide bonds. The van der Waals surface area contributed by atoms with E-state index >= 15 is 0 Å². The molecule has 494 valence electrons. The number of nitrogens with zero attached hydrogens (tertiary/aromatic N) is 11. The lowest BCUT2D eigenvalue weighted by Crippen LogP contribution is -2.17. The van der Waals surface area contributed by atoms with Gasteiger partial charge in [-0.05, 0) is 182 Å². The minimum atomic E-state index is 0.302. The van der Waals surface area contributed by atoms with Crippen LogP contribution in [0.15, 0.2) is 367 Å². The molecule has 1 N–H and O–H groups in total. The van der Waals surface area contributed by atoms with Crippen molar-refractivity contribution in [3.8, 4) is 36.4 Å². The summed E-state index contributed by atoms with van der Waals surface area (Å²) in [7, 11) is 0. The van der Waals surface area contributed by atoms with E-state index in [-0.39, 0.29) is 0 Å². The van der Waals surface area contributed by atoms with Gasteiger partial charge in [0, 0.05) is 71.5 Å². The predicted molar refractivity (Wildman–Crippen MR) is 426 cm³/mol. The molecule has 0 aliphatic heterocycles. The van der Waals surface area contributed by atoms with Gasteiger partial charge in [0.05, 0.1) is 67.5 Å². The second-order valence-electron chi connectivity index (χ2n) is 23.2. The molecule has 0 saturated heterocycles. The third kappa shape index (κ3) is 16.2. The highest BCUT2D eigenvalue weighted by atomic mass is 79.9. The Morgan fingerprint density at radius 3 is 0.654 bits per heavy atom. The van der Waals surface area contributed by atoms with Crippen LogP contribution in [-0.4, -0.2) is 0 Å². The number of anilines is 17. The zero-order valence-corrected chi connectivity index (χ0v) is 58.9. The normalized spacial score (nSPS) is 10.2. The molecule has 0 aliphatic rings. The Bertz CT molecular complexity index is 5170. The van der Waals surface area contributed by atoms with E-state index in [0.717, 1.165) is 60.1 Å². The molecular formula is C90H60Br2N12. The highest BCUT2D eigenvalue weighted by molar-refractivity contribution is 9.11. The molecule has 14 heteroatoms. The van der Waals surface area contributed by atoms with Gasteiger partial charge in [-0.15, -0.1) is 0 Å². The quantitative estimate of drug-likeness (QED) is 0.0916. The molecule has 0 spiro atoms. The van der Waals surface area contributed by atoms with Crippen molar-refractivity contribution in [1.29, 1.82) is 31.6 Å². The van der Waals surface area contributed by atoms with Gasteiger partial charge < -0.3 is 29.8 Å². The minimum absolute atomic E-state index is 0.302. The van der Waals surface area contributed by atoms with Gasteiger partial charge in [0.2, 0.25) is 0 Å². The number of halogens is 2. The third-order valence-electron chi connectivity index (χ3n) is 16.6. The maximum atomic E-state index is 10.9. The van der Waals surface area contributed by atoms with Gasteiger partial charge in [0.25, 0.3) is 0 Å². The smallest absolute Gasteiger partial charge is 0.101 e. The summed E-state index contributed by atoms with van der Waals surface area (Å²) in [5.41, 5.74) is 14.8. The summed E-state index contributed by atoms with van der Waals surface area (Å²) < 4.78 is 2.21. The number of hydrogen-bond donors (Lipinski definition) is 1. The van der Waals surface area contributed by atoms with Gasteiger partial charge in [-0.25, -0.2) is 0 Å². The number of hydrogen-bond acceptors (Lipinski definition) is 12. The number of rotatable bonds is 17. The second kappa shape index (κ2) is 34.0. The van der Waals surface area contributed by atoms with Crippen LogP contribution in [0.2, 0.25) is 0 Å². The van der Waals surface area contributed by atoms with Crippen LogP contribution in [0.5, 0.6) is 0 Å². The molecule has 0 bridgehead atoms. The number of benzene rings is 14. The van der Waals surface area contributed by atoms with Crippen molar-refractivity contribution in [3.63, 3.8) is 0 Å². The summed E-state index contributed by atoms with van der Waals surface area (Å²) in [6.45, 7) is 0. The average Bonchev–Trinajstić information content (AvgIpc) is 0.765. The average molecular weight is 1470 g/mol. The second-order valence-corrected chi connectivity index (χ2v) is 25.0. The van der Waals surface area contributed by atoms with Crippen molar-refractivity contribution in [2.75, 3.05) is 29.8 Å². The molecule has 14 aromatic rings. The zero-order chi connectivity index (χ0) is 72.0. The maximum absolute atomic E-state index is 10.9. The fraction of sp³-hybridized carbons (Fsp3) is 0. The van der Waals surface area contributed by atoms with E-state index in [1.165, 1.54) is 0 Å². The van der Waals surface area contributed by atoms with E-state index in [9.17, 15) is 31.6 Å². The molecule has 0 fully saturated rings. The van der Waals surface area contributed by atoms with Crippen LogP contribution in [0.3, 0.4) is 0 Å². The van der Waals surface area contributed by atoms with Crippen molar-refractivity contribution >= 4 is 129 Å². The van der Waals surface area contributed by atoms with Crippen LogP contribution >= 0.6 is 31.9 Å². The predicted octanol–water partition coefficient (Wildman–Crippen LogP) is 24.9. The van der Waals surface area contributed by atoms with Gasteiger partial charge in [-0.1, -0.05) is 208 Å². The Kier molecular flexibility index (Phi) is 22.8. The lowest BCUT2D eigenvalue weighted by molar-refractivity contribution is 1.21. The molecule has 0 saturated carbocycles. The van der Waals surface area contributed by atoms with Crippen LogP contribution in [0, 0.1) is 68.0 Å². The van der Waals surface area contributed by atoms with E-state index in [0.29, 0.717) is 78.9 Å². The summed E-state index contributed by atoms with van der Waals surface area (Å²) in [6, 6.07) is 129. The fourth-order valence-corrected chi connectivity index (χ4v) is 13.1. The lowest BCUT2D eigenvalue weighted by Gasteiger charge is -2.32. The summed E-state index contributed by atoms with van der Waals surface area (Å²) >= 11 is 6.66. The first-order chi connectivity index (χ1) is 51.2. The van der Waals surface area contributed by atoms with Crippen LogP contribution in [0.1, 0.15) is 33.4 Å². The summed E-state index contributed by atoms with van der Waals surface area (Å²) in [5, 5.41) is 65.9. The highest BCUT2D eigenvalue weighted by Crippen LogP contribution is 2.48. The molecule has 0 aromatic heterocycles. The van der Waals surface area contributed by atoms with Crippen molar-refractivity contribution in [2.24, 2.45) is 0 Å². The standard InChI is InChI=1S/C58H38N8.C26H18N4.C6H4Br2/c59-39-43-34-45(41-61)57(37-55(43)63(47-20-7-1-8-21-47)48-22-9-2-10-23-48)65(51-28-15-5-16-29-51)53-32-19-33-54(36-53)66(52-30-17-6-18-31-52)58-38-56(44(40-60)35-46(58)42-62)64(49-24-11-3-12-25-49)50-26-13-4-14-27-50;27-18-20-16-21(19-28)26(17-25(20)29-22-10-4-1-5-11-22)30(23-12-6-2-7-13-23)24-14-8-3-9-15-24;7-5-2-1-3-6(8)4-5/h1-38H;1-17,29H;1-4H. The molecule has 104 heavy (non-hydrogen) atoms. The number of nitrogens with one attached hydrogen (secondary N) is 1. The monoisotopic (exact) mass is 1470 g/mol. The topological polar surface area (TPSA) is 171 Å². The van der Waals surface area contributed by atoms with Crippen molar-refractivity contribution in [1.82, 2.24) is 0 Å². The molecule has 14 aromatic carbocycles. The first-order valence-corrected chi connectivity index (χ1v) is 34.5. The van der Waals surface area contributed by atoms with E-state index < -0.39 is 0 Å². The lowest BCUT2D eigenvalue weighted by atomic mass is 10.0. The van der Waals surface area contributed by atoms with E-state index in [1.807, 2.05) is 364 Å². The molecule has 0 radical (unpaired) electrons. The van der Waals surface area contributed by atoms with Crippen LogP contribution in [-0.2, 0) is 0 Å². The number of nitriles is 6. The van der Waals surface area contributed by atoms with Gasteiger partial charge in [0.1, 0.15) is 36.4 Å². The van der Waals surface area contributed by atoms with E-state index in [4.69, 9.17) is 0 Å². The Morgan fingerprint density at radius 2 is 0.413 bits per heavy atom. The fourth-order valence-electron chi connectivity index (χ4n) is 12.0. The molecule has 0 aliphatic carbocycles. The summed E-state index contributed by atoms with van der Waals surface area (Å²) in [4.78, 5) is 10.1. The Morgan fingerprint density at radius 1 is 0.202 bits per heavy atom. The third-order valence-corrected chi connectivity index (χ3v) is 17.6. The van der Waals surface area contributed by atoms with Crippen molar-refractivity contribution in [3.05, 3.63) is 400 Å². The number of para-hydroxylation sites is 9. The SMILES string of the molecule is Brc1cccc(Br)c1.N#Cc1cc(C#N)c(N(c2ccccc2)c2cccc(N(c3ccccc3)c3cc(N(c4ccccc4)c4ccccc4)c(C#N)cc3C#N)c2)cc1N(c1ccccc1)c1ccccc1.N#Cc1cc(C#N)c(N(c2ccccc2)c2ccccc2)cc1Nc1ccccc1. The molecule has 14 rings (SSSR count). The van der Waals surface area contributed by atoms with Crippen LogP contribution in [0.25, 0.3) is 0 Å². The first-order valence-electron chi connectivity index (χ1n) is 32.9. The molecule has 12 nitrogen and oxygen atoms in total. The Labute approximate surface area is 622 Å². The molecular weight excluding hydrogens is 1410 g/mol. The zero-order valence-electron chi connectivity index (χ0n) is 55.7. The summed E-state index contributed by atoms with van der Waals surface area (Å²) in [6.07, 6.45) is 0. The Balaban J connectivity index is 0.000000219. The maximum Gasteiger partial charge on any atom is 0.101 e. The van der Waals surface area contributed by atoms with Crippen molar-refractivity contribution in [2.45, 2.75) is 0 Å². The van der Waals surface area contributed by atoms with Crippen LogP contribution < -0.4 is 29.8 Å². The summed E-state index contributed by atoms with van der Waals surface area (Å²) in [5.74, 6) is 0. The van der Waals surface area contributed by atoms with Crippen LogP contribution in [0.4, 0.5) is 96.7 Å². The van der Waals surface area contributed by atoms with Gasteiger partial charge in [-0.2, -0.15) is 31.6 Å². The molecule has 0 unspecified atom stereocenters. The minimum Gasteiger partial charge on any atom is -0.354 e. The van der Waals surface area contributed by atoms with Gasteiger partial charge in [-0.3, -0.25) is 0 Å². The van der Waals surface area contributed by atoms with Crippen molar-refractivity contribution < 1.29 is 0 Å². The van der Waals surface area contributed by atoms with E-state index in [1.54, 1.807) is 18.2 Å². The largest absolute Gasteiger partial charge is 0.354 e. The molecule has 0 heterocycles.